The summed E-state index contributed by atoms with van der Waals surface area (Å²) in [7, 11) is 3.20. The molecular formula is C16H19ClN4O2. The number of benzene rings is 1. The van der Waals surface area contributed by atoms with E-state index in [9.17, 15) is 0 Å². The monoisotopic (exact) mass is 334 g/mol. The highest BCUT2D eigenvalue weighted by Gasteiger charge is 2.04. The van der Waals surface area contributed by atoms with E-state index in [4.69, 9.17) is 26.8 Å². The Morgan fingerprint density at radius 2 is 2.00 bits per heavy atom. The number of pyridine rings is 1. The van der Waals surface area contributed by atoms with E-state index in [-0.39, 0.29) is 0 Å². The minimum atomic E-state index is 0.344. The molecule has 23 heavy (non-hydrogen) atoms. The Labute approximate surface area is 140 Å². The number of ether oxygens (including phenoxy) is 2. The average molecular weight is 335 g/mol. The first-order chi connectivity index (χ1) is 11.1. The fraction of sp³-hybridized carbons (Fsp3) is 0.250. The number of nitrogens with zero attached hydrogens (tertiary/aromatic N) is 2. The van der Waals surface area contributed by atoms with Gasteiger partial charge in [-0.25, -0.2) is 4.99 Å². The zero-order valence-corrected chi connectivity index (χ0v) is 13.8. The van der Waals surface area contributed by atoms with Crippen LogP contribution in [0.1, 0.15) is 11.3 Å². The molecule has 0 atom stereocenters. The Morgan fingerprint density at radius 1 is 1.22 bits per heavy atom. The molecule has 0 aliphatic heterocycles. The number of nitrogens with two attached hydrogens (primary N) is 1. The second-order valence-corrected chi connectivity index (χ2v) is 5.15. The average Bonchev–Trinajstić information content (AvgIpc) is 2.59. The summed E-state index contributed by atoms with van der Waals surface area (Å²) in [5, 5.41) is 3.61. The Hall–Kier alpha value is -2.47. The lowest BCUT2D eigenvalue weighted by Crippen LogP contribution is -2.31. The van der Waals surface area contributed by atoms with E-state index in [1.807, 2.05) is 24.3 Å². The molecule has 0 spiro atoms. The highest BCUT2D eigenvalue weighted by molar-refractivity contribution is 6.30. The van der Waals surface area contributed by atoms with Crippen LogP contribution < -0.4 is 20.5 Å². The van der Waals surface area contributed by atoms with Gasteiger partial charge < -0.3 is 20.5 Å². The normalized spacial score (nSPS) is 11.2. The molecule has 0 amide bonds. The highest BCUT2D eigenvalue weighted by Crippen LogP contribution is 2.27. The molecule has 0 unspecified atom stereocenters. The summed E-state index contributed by atoms with van der Waals surface area (Å²) >= 11 is 5.79. The molecule has 0 fully saturated rings. The summed E-state index contributed by atoms with van der Waals surface area (Å²) < 4.78 is 10.5. The van der Waals surface area contributed by atoms with E-state index in [1.54, 1.807) is 26.5 Å². The van der Waals surface area contributed by atoms with Crippen LogP contribution in [0.25, 0.3) is 0 Å². The molecule has 122 valence electrons. The maximum Gasteiger partial charge on any atom is 0.189 e. The van der Waals surface area contributed by atoms with Gasteiger partial charge >= 0.3 is 0 Å². The number of nitrogens with one attached hydrogen (secondary N) is 1. The summed E-state index contributed by atoms with van der Waals surface area (Å²) in [5.74, 6) is 1.69. The quantitative estimate of drug-likeness (QED) is 0.626. The van der Waals surface area contributed by atoms with Crippen molar-refractivity contribution in [2.75, 3.05) is 14.2 Å². The van der Waals surface area contributed by atoms with Gasteiger partial charge in [-0.15, -0.1) is 0 Å². The molecule has 2 aromatic rings. The van der Waals surface area contributed by atoms with Crippen LogP contribution in [0.4, 0.5) is 0 Å². The third-order valence-electron chi connectivity index (χ3n) is 3.12. The van der Waals surface area contributed by atoms with Gasteiger partial charge in [0.05, 0.1) is 38.0 Å². The molecule has 6 nitrogen and oxygen atoms in total. The molecule has 0 saturated heterocycles. The van der Waals surface area contributed by atoms with Gasteiger partial charge in [-0.3, -0.25) is 4.98 Å². The highest BCUT2D eigenvalue weighted by atomic mass is 35.5. The van der Waals surface area contributed by atoms with Crippen LogP contribution in [-0.2, 0) is 13.1 Å². The summed E-state index contributed by atoms with van der Waals surface area (Å²) in [6.45, 7) is 0.922. The molecule has 1 aromatic carbocycles. The third-order valence-corrected chi connectivity index (χ3v) is 3.34. The van der Waals surface area contributed by atoms with Crippen molar-refractivity contribution in [3.63, 3.8) is 0 Å². The number of guanidine groups is 1. The Balaban J connectivity index is 1.92. The van der Waals surface area contributed by atoms with Crippen LogP contribution in [0, 0.1) is 0 Å². The number of halogens is 1. The van der Waals surface area contributed by atoms with E-state index < -0.39 is 0 Å². The number of hydrogen-bond acceptors (Lipinski definition) is 4. The minimum Gasteiger partial charge on any atom is -0.493 e. The van der Waals surface area contributed by atoms with Crippen molar-refractivity contribution in [2.45, 2.75) is 13.1 Å². The predicted octanol–water partition coefficient (Wildman–Crippen LogP) is 2.36. The molecule has 0 aliphatic carbocycles. The van der Waals surface area contributed by atoms with Crippen molar-refractivity contribution in [1.29, 1.82) is 0 Å². The lowest BCUT2D eigenvalue weighted by Gasteiger charge is -2.09. The van der Waals surface area contributed by atoms with Gasteiger partial charge in [0, 0.05) is 6.20 Å². The SMILES string of the molecule is COc1ccc(CN=C(N)NCc2ccc(Cl)cn2)cc1OC. The Bertz CT molecular complexity index is 674. The van der Waals surface area contributed by atoms with Crippen molar-refractivity contribution in [3.8, 4) is 11.5 Å². The Morgan fingerprint density at radius 3 is 2.65 bits per heavy atom. The fourth-order valence-corrected chi connectivity index (χ4v) is 2.02. The second kappa shape index (κ2) is 8.24. The lowest BCUT2D eigenvalue weighted by molar-refractivity contribution is 0.354. The third kappa shape index (κ3) is 5.03. The van der Waals surface area contributed by atoms with E-state index in [0.29, 0.717) is 35.6 Å². The van der Waals surface area contributed by atoms with Crippen LogP contribution >= 0.6 is 11.6 Å². The Kier molecular flexibility index (Phi) is 6.05. The molecular weight excluding hydrogens is 316 g/mol. The molecule has 0 saturated carbocycles. The number of aromatic nitrogens is 1. The largest absolute Gasteiger partial charge is 0.493 e. The van der Waals surface area contributed by atoms with Gasteiger partial charge in [0.2, 0.25) is 0 Å². The maximum atomic E-state index is 5.86. The molecule has 0 radical (unpaired) electrons. The number of methoxy groups -OCH3 is 2. The van der Waals surface area contributed by atoms with Crippen molar-refractivity contribution in [3.05, 3.63) is 52.8 Å². The molecule has 0 aliphatic rings. The van der Waals surface area contributed by atoms with Crippen LogP contribution in [0.15, 0.2) is 41.5 Å². The molecule has 1 aromatic heterocycles. The number of aliphatic imine (C=N–C) groups is 1. The minimum absolute atomic E-state index is 0.344. The van der Waals surface area contributed by atoms with Gasteiger partial charge in [0.25, 0.3) is 0 Å². The van der Waals surface area contributed by atoms with Crippen molar-refractivity contribution < 1.29 is 9.47 Å². The summed E-state index contributed by atoms with van der Waals surface area (Å²) in [6, 6.07) is 9.24. The first kappa shape index (κ1) is 16.9. The van der Waals surface area contributed by atoms with Crippen molar-refractivity contribution >= 4 is 17.6 Å². The summed E-state index contributed by atoms with van der Waals surface area (Å²) in [4.78, 5) is 8.47. The maximum absolute atomic E-state index is 5.86. The molecule has 3 N–H and O–H groups in total. The first-order valence-electron chi connectivity index (χ1n) is 6.97. The van der Waals surface area contributed by atoms with Gasteiger partial charge in [-0.1, -0.05) is 17.7 Å². The lowest BCUT2D eigenvalue weighted by atomic mass is 10.2. The van der Waals surface area contributed by atoms with Crippen LogP contribution in [0.3, 0.4) is 0 Å². The molecule has 7 heteroatoms. The molecule has 0 bridgehead atoms. The van der Waals surface area contributed by atoms with Crippen LogP contribution in [0.5, 0.6) is 11.5 Å². The second-order valence-electron chi connectivity index (χ2n) is 4.71. The van der Waals surface area contributed by atoms with Crippen LogP contribution in [0.2, 0.25) is 5.02 Å². The van der Waals surface area contributed by atoms with E-state index in [1.165, 1.54) is 0 Å². The predicted molar refractivity (Wildman–Crippen MR) is 91.0 cm³/mol. The van der Waals surface area contributed by atoms with E-state index in [2.05, 4.69) is 15.3 Å². The number of rotatable bonds is 6. The zero-order valence-electron chi connectivity index (χ0n) is 13.0. The zero-order chi connectivity index (χ0) is 16.7. The molecule has 1 heterocycles. The van der Waals surface area contributed by atoms with Gasteiger partial charge in [-0.05, 0) is 29.8 Å². The van der Waals surface area contributed by atoms with Gasteiger partial charge in [0.15, 0.2) is 17.5 Å². The summed E-state index contributed by atoms with van der Waals surface area (Å²) in [5.41, 5.74) is 7.66. The van der Waals surface area contributed by atoms with Crippen molar-refractivity contribution in [2.24, 2.45) is 10.7 Å². The number of hydrogen-bond donors (Lipinski definition) is 2. The molecule has 2 rings (SSSR count). The van der Waals surface area contributed by atoms with Crippen LogP contribution in [-0.4, -0.2) is 25.2 Å². The van der Waals surface area contributed by atoms with E-state index >= 15 is 0 Å². The van der Waals surface area contributed by atoms with Gasteiger partial charge in [0.1, 0.15) is 0 Å². The van der Waals surface area contributed by atoms with Gasteiger partial charge in [-0.2, -0.15) is 0 Å². The van der Waals surface area contributed by atoms with E-state index in [0.717, 1.165) is 11.3 Å². The fourth-order valence-electron chi connectivity index (χ4n) is 1.90. The first-order valence-corrected chi connectivity index (χ1v) is 7.35. The van der Waals surface area contributed by atoms with Crippen molar-refractivity contribution in [1.82, 2.24) is 10.3 Å². The standard InChI is InChI=1S/C16H19ClN4O2/c1-22-14-6-3-11(7-15(14)23-2)8-20-16(18)21-10-13-5-4-12(17)9-19-13/h3-7,9H,8,10H2,1-2H3,(H3,18,20,21). The summed E-state index contributed by atoms with van der Waals surface area (Å²) in [6.07, 6.45) is 1.59. The topological polar surface area (TPSA) is 81.8 Å². The smallest absolute Gasteiger partial charge is 0.189 e.